The van der Waals surface area contributed by atoms with Crippen molar-refractivity contribution < 1.29 is 14.3 Å². The van der Waals surface area contributed by atoms with E-state index >= 15 is 0 Å². The number of carbonyl (C=O) groups is 2. The van der Waals surface area contributed by atoms with Crippen molar-refractivity contribution in [3.05, 3.63) is 71.3 Å². The summed E-state index contributed by atoms with van der Waals surface area (Å²) in [6, 6.07) is 15.2. The van der Waals surface area contributed by atoms with Crippen LogP contribution in [0.4, 0.5) is 0 Å². The van der Waals surface area contributed by atoms with Gasteiger partial charge in [-0.05, 0) is 36.3 Å². The van der Waals surface area contributed by atoms with E-state index in [1.54, 1.807) is 29.1 Å². The minimum Gasteiger partial charge on any atom is -0.496 e. The molecule has 0 saturated carbocycles. The van der Waals surface area contributed by atoms with Crippen molar-refractivity contribution in [3.8, 4) is 5.75 Å². The van der Waals surface area contributed by atoms with E-state index in [2.05, 4.69) is 0 Å². The predicted octanol–water partition coefficient (Wildman–Crippen LogP) is 3.00. The van der Waals surface area contributed by atoms with Gasteiger partial charge in [0.15, 0.2) is 0 Å². The number of ether oxygens (including phenoxy) is 1. The number of amides is 2. The molecule has 27 heavy (non-hydrogen) atoms. The van der Waals surface area contributed by atoms with E-state index in [0.717, 1.165) is 11.1 Å². The van der Waals surface area contributed by atoms with Crippen molar-refractivity contribution in [3.63, 3.8) is 0 Å². The first-order valence-corrected chi connectivity index (χ1v) is 9.04. The third-order valence-corrected chi connectivity index (χ3v) is 4.75. The van der Waals surface area contributed by atoms with Crippen molar-refractivity contribution in [1.29, 1.82) is 0 Å². The fourth-order valence-corrected chi connectivity index (χ4v) is 3.10. The number of benzene rings is 2. The molecule has 0 aromatic heterocycles. The van der Waals surface area contributed by atoms with Crippen LogP contribution in [0.25, 0.3) is 6.08 Å². The minimum absolute atomic E-state index is 0.0250. The number of aryl methyl sites for hydroxylation is 1. The van der Waals surface area contributed by atoms with Gasteiger partial charge in [0, 0.05) is 37.8 Å². The lowest BCUT2D eigenvalue weighted by Gasteiger charge is -2.34. The fourth-order valence-electron chi connectivity index (χ4n) is 3.10. The summed E-state index contributed by atoms with van der Waals surface area (Å²) >= 11 is 0. The molecule has 5 heteroatoms. The molecule has 1 aliphatic heterocycles. The maximum Gasteiger partial charge on any atom is 0.254 e. The van der Waals surface area contributed by atoms with E-state index in [0.29, 0.717) is 37.5 Å². The standard InChI is InChI=1S/C22H24N2O3/c1-17-8-10-19(16-20(17)27-2)22(26)24-14-12-23(13-15-24)21(25)11-9-18-6-4-3-5-7-18/h3-11,16H,12-15H2,1-2H3. The highest BCUT2D eigenvalue weighted by atomic mass is 16.5. The molecular formula is C22H24N2O3. The van der Waals surface area contributed by atoms with E-state index in [1.807, 2.05) is 55.5 Å². The summed E-state index contributed by atoms with van der Waals surface area (Å²) in [5.41, 5.74) is 2.60. The molecule has 2 aromatic carbocycles. The minimum atomic E-state index is -0.0276. The maximum atomic E-state index is 12.7. The van der Waals surface area contributed by atoms with E-state index in [-0.39, 0.29) is 11.8 Å². The first kappa shape index (κ1) is 18.7. The van der Waals surface area contributed by atoms with Gasteiger partial charge in [0.1, 0.15) is 5.75 Å². The zero-order chi connectivity index (χ0) is 19.2. The Kier molecular flexibility index (Phi) is 5.91. The van der Waals surface area contributed by atoms with Crippen LogP contribution in [-0.4, -0.2) is 54.9 Å². The second-order valence-electron chi connectivity index (χ2n) is 6.55. The lowest BCUT2D eigenvalue weighted by Crippen LogP contribution is -2.50. The Balaban J connectivity index is 1.57. The van der Waals surface area contributed by atoms with Gasteiger partial charge < -0.3 is 14.5 Å². The first-order chi connectivity index (χ1) is 13.1. The number of nitrogens with zero attached hydrogens (tertiary/aromatic N) is 2. The van der Waals surface area contributed by atoms with Gasteiger partial charge in [-0.15, -0.1) is 0 Å². The van der Waals surface area contributed by atoms with Crippen LogP contribution in [0, 0.1) is 6.92 Å². The van der Waals surface area contributed by atoms with E-state index in [4.69, 9.17) is 4.74 Å². The van der Waals surface area contributed by atoms with Crippen LogP contribution in [0.5, 0.6) is 5.75 Å². The molecule has 5 nitrogen and oxygen atoms in total. The van der Waals surface area contributed by atoms with Crippen LogP contribution in [0.15, 0.2) is 54.6 Å². The van der Waals surface area contributed by atoms with Gasteiger partial charge in [0.25, 0.3) is 5.91 Å². The van der Waals surface area contributed by atoms with E-state index < -0.39 is 0 Å². The first-order valence-electron chi connectivity index (χ1n) is 9.04. The monoisotopic (exact) mass is 364 g/mol. The molecule has 140 valence electrons. The Morgan fingerprint density at radius 2 is 1.63 bits per heavy atom. The second kappa shape index (κ2) is 8.54. The predicted molar refractivity (Wildman–Crippen MR) is 106 cm³/mol. The summed E-state index contributed by atoms with van der Waals surface area (Å²) in [6.45, 7) is 4.07. The van der Waals surface area contributed by atoms with Gasteiger partial charge >= 0.3 is 0 Å². The van der Waals surface area contributed by atoms with Crippen molar-refractivity contribution in [2.24, 2.45) is 0 Å². The largest absolute Gasteiger partial charge is 0.496 e. The van der Waals surface area contributed by atoms with Crippen molar-refractivity contribution in [2.75, 3.05) is 33.3 Å². The van der Waals surface area contributed by atoms with Crippen LogP contribution in [0.3, 0.4) is 0 Å². The molecule has 0 atom stereocenters. The molecule has 2 amide bonds. The Hall–Kier alpha value is -3.08. The third-order valence-electron chi connectivity index (χ3n) is 4.75. The van der Waals surface area contributed by atoms with Crippen LogP contribution < -0.4 is 4.74 Å². The molecule has 0 bridgehead atoms. The summed E-state index contributed by atoms with van der Waals surface area (Å²) in [6.07, 6.45) is 3.41. The van der Waals surface area contributed by atoms with Gasteiger partial charge in [0.2, 0.25) is 5.91 Å². The number of carbonyl (C=O) groups excluding carboxylic acids is 2. The molecule has 0 radical (unpaired) electrons. The highest BCUT2D eigenvalue weighted by molar-refractivity contribution is 5.95. The molecule has 1 aliphatic rings. The highest BCUT2D eigenvalue weighted by Gasteiger charge is 2.24. The Morgan fingerprint density at radius 3 is 2.30 bits per heavy atom. The Morgan fingerprint density at radius 1 is 0.963 bits per heavy atom. The normalized spacial score (nSPS) is 14.4. The topological polar surface area (TPSA) is 49.9 Å². The van der Waals surface area contributed by atoms with E-state index in [9.17, 15) is 9.59 Å². The quantitative estimate of drug-likeness (QED) is 0.784. The molecule has 1 fully saturated rings. The summed E-state index contributed by atoms with van der Waals surface area (Å²) in [4.78, 5) is 28.6. The lowest BCUT2D eigenvalue weighted by atomic mass is 10.1. The molecular weight excluding hydrogens is 340 g/mol. The number of methoxy groups -OCH3 is 1. The number of hydrogen-bond acceptors (Lipinski definition) is 3. The Bertz CT molecular complexity index is 838. The zero-order valence-corrected chi connectivity index (χ0v) is 15.7. The van der Waals surface area contributed by atoms with Crippen LogP contribution in [-0.2, 0) is 4.79 Å². The second-order valence-corrected chi connectivity index (χ2v) is 6.55. The van der Waals surface area contributed by atoms with Crippen LogP contribution >= 0.6 is 0 Å². The average Bonchev–Trinajstić information content (AvgIpc) is 2.72. The van der Waals surface area contributed by atoms with Gasteiger partial charge in [0.05, 0.1) is 7.11 Å². The van der Waals surface area contributed by atoms with Crippen molar-refractivity contribution >= 4 is 17.9 Å². The maximum absolute atomic E-state index is 12.7. The molecule has 3 rings (SSSR count). The van der Waals surface area contributed by atoms with Crippen molar-refractivity contribution in [1.82, 2.24) is 9.80 Å². The zero-order valence-electron chi connectivity index (χ0n) is 15.7. The molecule has 2 aromatic rings. The number of hydrogen-bond donors (Lipinski definition) is 0. The van der Waals surface area contributed by atoms with Crippen LogP contribution in [0.2, 0.25) is 0 Å². The fraction of sp³-hybridized carbons (Fsp3) is 0.273. The molecule has 1 saturated heterocycles. The van der Waals surface area contributed by atoms with Gasteiger partial charge in [-0.1, -0.05) is 36.4 Å². The molecule has 1 heterocycles. The third kappa shape index (κ3) is 4.56. The van der Waals surface area contributed by atoms with Gasteiger partial charge in [-0.25, -0.2) is 0 Å². The summed E-state index contributed by atoms with van der Waals surface area (Å²) in [7, 11) is 1.60. The van der Waals surface area contributed by atoms with Gasteiger partial charge in [-0.3, -0.25) is 9.59 Å². The smallest absolute Gasteiger partial charge is 0.254 e. The molecule has 0 N–H and O–H groups in total. The SMILES string of the molecule is COc1cc(C(=O)N2CCN(C(=O)C=Cc3ccccc3)CC2)ccc1C. The van der Waals surface area contributed by atoms with Crippen LogP contribution in [0.1, 0.15) is 21.5 Å². The molecule has 0 aliphatic carbocycles. The van der Waals surface area contributed by atoms with Crippen molar-refractivity contribution in [2.45, 2.75) is 6.92 Å². The Labute approximate surface area is 159 Å². The van der Waals surface area contributed by atoms with Gasteiger partial charge in [-0.2, -0.15) is 0 Å². The molecule has 0 unspecified atom stereocenters. The summed E-state index contributed by atoms with van der Waals surface area (Å²) in [5.74, 6) is 0.656. The molecule has 0 spiro atoms. The van der Waals surface area contributed by atoms with E-state index in [1.165, 1.54) is 0 Å². The summed E-state index contributed by atoms with van der Waals surface area (Å²) < 4.78 is 5.30. The summed E-state index contributed by atoms with van der Waals surface area (Å²) in [5, 5.41) is 0. The number of rotatable bonds is 4. The number of piperazine rings is 1. The average molecular weight is 364 g/mol. The lowest BCUT2D eigenvalue weighted by molar-refractivity contribution is -0.127. The highest BCUT2D eigenvalue weighted by Crippen LogP contribution is 2.20.